The molecule has 0 aliphatic carbocycles. The Kier molecular flexibility index (Phi) is 8.35. The van der Waals surface area contributed by atoms with Crippen molar-refractivity contribution in [2.45, 2.75) is 45.3 Å². The molecule has 0 rings (SSSR count). The highest BCUT2D eigenvalue weighted by Crippen LogP contribution is 1.99. The Bertz CT molecular complexity index is 246. The van der Waals surface area contributed by atoms with Gasteiger partial charge in [-0.15, -0.1) is 0 Å². The number of rotatable bonds is 9. The molecule has 0 aromatic heterocycles. The molecule has 0 aliphatic heterocycles. The Labute approximate surface area is 102 Å². The van der Waals surface area contributed by atoms with Gasteiger partial charge in [0.25, 0.3) is 0 Å². The molecule has 0 spiro atoms. The van der Waals surface area contributed by atoms with Crippen molar-refractivity contribution < 1.29 is 19.4 Å². The third kappa shape index (κ3) is 7.70. The van der Waals surface area contributed by atoms with Gasteiger partial charge < -0.3 is 20.9 Å². The topological polar surface area (TPSA) is 102 Å². The summed E-state index contributed by atoms with van der Waals surface area (Å²) in [5, 5.41) is 11.3. The highest BCUT2D eigenvalue weighted by atomic mass is 16.5. The van der Waals surface area contributed by atoms with Gasteiger partial charge in [0, 0.05) is 13.2 Å². The molecule has 0 aromatic carbocycles. The van der Waals surface area contributed by atoms with Crippen LogP contribution in [0.4, 0.5) is 0 Å². The van der Waals surface area contributed by atoms with Gasteiger partial charge in [0.15, 0.2) is 0 Å². The lowest BCUT2D eigenvalue weighted by molar-refractivity contribution is -0.140. The zero-order valence-electron chi connectivity index (χ0n) is 10.4. The molecule has 6 heteroatoms. The van der Waals surface area contributed by atoms with Gasteiger partial charge in [-0.1, -0.05) is 13.3 Å². The molecule has 0 bridgehead atoms. The fourth-order valence-corrected chi connectivity index (χ4v) is 1.41. The summed E-state index contributed by atoms with van der Waals surface area (Å²) >= 11 is 0. The van der Waals surface area contributed by atoms with E-state index >= 15 is 0 Å². The number of hydrogen-bond donors (Lipinski definition) is 3. The summed E-state index contributed by atoms with van der Waals surface area (Å²) in [4.78, 5) is 22.0. The van der Waals surface area contributed by atoms with Crippen LogP contribution in [0, 0.1) is 0 Å². The Balaban J connectivity index is 4.02. The molecule has 17 heavy (non-hydrogen) atoms. The zero-order chi connectivity index (χ0) is 13.3. The number of amides is 1. The van der Waals surface area contributed by atoms with Crippen molar-refractivity contribution in [2.75, 3.05) is 13.2 Å². The van der Waals surface area contributed by atoms with Crippen molar-refractivity contribution in [1.82, 2.24) is 5.32 Å². The van der Waals surface area contributed by atoms with E-state index in [1.807, 2.05) is 6.92 Å². The standard InChI is InChI=1S/C11H22N2O4/c1-3-5-9(12)11(16)13-7-8(17-4-2)6-10(14)15/h8-9H,3-7,12H2,1-2H3,(H,13,16)(H,14,15)/t8?,9-/m0/s1. The number of nitrogens with one attached hydrogen (secondary N) is 1. The summed E-state index contributed by atoms with van der Waals surface area (Å²) in [7, 11) is 0. The SMILES string of the molecule is CCC[C@H](N)C(=O)NCC(CC(=O)O)OCC. The number of carboxylic acids is 1. The number of hydrogen-bond acceptors (Lipinski definition) is 4. The first-order valence-electron chi connectivity index (χ1n) is 5.87. The summed E-state index contributed by atoms with van der Waals surface area (Å²) in [6.07, 6.45) is 0.815. The van der Waals surface area contributed by atoms with E-state index in [4.69, 9.17) is 15.6 Å². The smallest absolute Gasteiger partial charge is 0.306 e. The van der Waals surface area contributed by atoms with Crippen LogP contribution in [-0.4, -0.2) is 42.3 Å². The summed E-state index contributed by atoms with van der Waals surface area (Å²) in [5.74, 6) is -1.21. The van der Waals surface area contributed by atoms with E-state index in [0.29, 0.717) is 13.0 Å². The minimum Gasteiger partial charge on any atom is -0.481 e. The molecule has 0 aliphatic rings. The molecular formula is C11H22N2O4. The Morgan fingerprint density at radius 3 is 2.53 bits per heavy atom. The van der Waals surface area contributed by atoms with E-state index in [2.05, 4.69) is 5.32 Å². The molecule has 0 aromatic rings. The Morgan fingerprint density at radius 1 is 1.41 bits per heavy atom. The van der Waals surface area contributed by atoms with Gasteiger partial charge in [0.05, 0.1) is 18.6 Å². The third-order valence-electron chi connectivity index (χ3n) is 2.25. The van der Waals surface area contributed by atoms with Crippen LogP contribution in [0.5, 0.6) is 0 Å². The van der Waals surface area contributed by atoms with Gasteiger partial charge in [0.1, 0.15) is 0 Å². The van der Waals surface area contributed by atoms with Crippen LogP contribution in [-0.2, 0) is 14.3 Å². The van der Waals surface area contributed by atoms with Crippen LogP contribution in [0.25, 0.3) is 0 Å². The van der Waals surface area contributed by atoms with Crippen molar-refractivity contribution in [3.05, 3.63) is 0 Å². The van der Waals surface area contributed by atoms with Gasteiger partial charge >= 0.3 is 5.97 Å². The molecule has 6 nitrogen and oxygen atoms in total. The molecule has 0 saturated carbocycles. The maximum atomic E-state index is 11.5. The first kappa shape index (κ1) is 15.9. The number of carbonyl (C=O) groups is 2. The average Bonchev–Trinajstić information content (AvgIpc) is 2.25. The molecule has 0 saturated heterocycles. The maximum Gasteiger partial charge on any atom is 0.306 e. The van der Waals surface area contributed by atoms with E-state index in [0.717, 1.165) is 6.42 Å². The minimum atomic E-state index is -0.949. The molecule has 0 fully saturated rings. The van der Waals surface area contributed by atoms with E-state index in [1.165, 1.54) is 0 Å². The molecule has 1 amide bonds. The molecule has 0 radical (unpaired) electrons. The predicted molar refractivity (Wildman–Crippen MR) is 63.6 cm³/mol. The fourth-order valence-electron chi connectivity index (χ4n) is 1.41. The van der Waals surface area contributed by atoms with Gasteiger partial charge in [-0.05, 0) is 13.3 Å². The highest BCUT2D eigenvalue weighted by molar-refractivity contribution is 5.81. The minimum absolute atomic E-state index is 0.128. The Hall–Kier alpha value is -1.14. The van der Waals surface area contributed by atoms with Gasteiger partial charge in [-0.2, -0.15) is 0 Å². The second-order valence-corrected chi connectivity index (χ2v) is 3.82. The van der Waals surface area contributed by atoms with E-state index in [1.54, 1.807) is 6.92 Å². The third-order valence-corrected chi connectivity index (χ3v) is 2.25. The highest BCUT2D eigenvalue weighted by Gasteiger charge is 2.17. The van der Waals surface area contributed by atoms with Crippen molar-refractivity contribution >= 4 is 11.9 Å². The van der Waals surface area contributed by atoms with E-state index in [9.17, 15) is 9.59 Å². The Morgan fingerprint density at radius 2 is 2.06 bits per heavy atom. The van der Waals surface area contributed by atoms with Crippen LogP contribution >= 0.6 is 0 Å². The molecular weight excluding hydrogens is 224 g/mol. The van der Waals surface area contributed by atoms with Crippen molar-refractivity contribution in [3.63, 3.8) is 0 Å². The average molecular weight is 246 g/mol. The summed E-state index contributed by atoms with van der Waals surface area (Å²) < 4.78 is 5.21. The molecule has 2 atom stereocenters. The second kappa shape index (κ2) is 8.95. The maximum absolute atomic E-state index is 11.5. The molecule has 0 heterocycles. The quantitative estimate of drug-likeness (QED) is 0.536. The lowest BCUT2D eigenvalue weighted by Gasteiger charge is -2.17. The summed E-state index contributed by atoms with van der Waals surface area (Å²) in [5.41, 5.74) is 5.62. The van der Waals surface area contributed by atoms with Gasteiger partial charge in [0.2, 0.25) is 5.91 Å². The zero-order valence-corrected chi connectivity index (χ0v) is 10.4. The van der Waals surface area contributed by atoms with Gasteiger partial charge in [-0.25, -0.2) is 0 Å². The second-order valence-electron chi connectivity index (χ2n) is 3.82. The lowest BCUT2D eigenvalue weighted by Crippen LogP contribution is -2.44. The van der Waals surface area contributed by atoms with Crippen molar-refractivity contribution in [1.29, 1.82) is 0 Å². The number of aliphatic carboxylic acids is 1. The van der Waals surface area contributed by atoms with E-state index < -0.39 is 18.1 Å². The molecule has 1 unspecified atom stereocenters. The number of carbonyl (C=O) groups excluding carboxylic acids is 1. The summed E-state index contributed by atoms with van der Waals surface area (Å²) in [6.45, 7) is 4.31. The lowest BCUT2D eigenvalue weighted by atomic mass is 10.1. The predicted octanol–water partition coefficient (Wildman–Crippen LogP) is 0.110. The summed E-state index contributed by atoms with van der Waals surface area (Å²) in [6, 6.07) is -0.535. The number of nitrogens with two attached hydrogens (primary N) is 1. The van der Waals surface area contributed by atoms with Crippen LogP contribution in [0.2, 0.25) is 0 Å². The molecule has 4 N–H and O–H groups in total. The molecule has 100 valence electrons. The first-order valence-corrected chi connectivity index (χ1v) is 5.87. The van der Waals surface area contributed by atoms with Gasteiger partial charge in [-0.3, -0.25) is 9.59 Å². The van der Waals surface area contributed by atoms with Crippen LogP contribution < -0.4 is 11.1 Å². The first-order chi connectivity index (χ1) is 8.01. The number of carboxylic acid groups (broad SMARTS) is 1. The monoisotopic (exact) mass is 246 g/mol. The van der Waals surface area contributed by atoms with Crippen molar-refractivity contribution in [3.8, 4) is 0 Å². The van der Waals surface area contributed by atoms with E-state index in [-0.39, 0.29) is 18.9 Å². The largest absolute Gasteiger partial charge is 0.481 e. The fraction of sp³-hybridized carbons (Fsp3) is 0.818. The van der Waals surface area contributed by atoms with Crippen LogP contribution in [0.1, 0.15) is 33.1 Å². The van der Waals surface area contributed by atoms with Crippen LogP contribution in [0.3, 0.4) is 0 Å². The number of ether oxygens (including phenoxy) is 1. The van der Waals surface area contributed by atoms with Crippen LogP contribution in [0.15, 0.2) is 0 Å². The normalized spacial score (nSPS) is 14.1. The van der Waals surface area contributed by atoms with Crippen molar-refractivity contribution in [2.24, 2.45) is 5.73 Å².